The quantitative estimate of drug-likeness (QED) is 0.565. The van der Waals surface area contributed by atoms with Gasteiger partial charge in [0.2, 0.25) is 5.91 Å². The average molecular weight is 498 g/mol. The Morgan fingerprint density at radius 3 is 2.25 bits per heavy atom. The lowest BCUT2D eigenvalue weighted by molar-refractivity contribution is -0.142. The molecule has 2 rings (SSSR count). The van der Waals surface area contributed by atoms with Gasteiger partial charge in [0.05, 0.1) is 0 Å². The third-order valence-corrected chi connectivity index (χ3v) is 4.76. The highest BCUT2D eigenvalue weighted by Gasteiger charge is 2.26. The van der Waals surface area contributed by atoms with E-state index >= 15 is 0 Å². The van der Waals surface area contributed by atoms with Crippen LogP contribution in [0.4, 0.5) is 4.39 Å². The summed E-state index contributed by atoms with van der Waals surface area (Å²) in [5.41, 5.74) is 0.730. The molecule has 0 aliphatic heterocycles. The summed E-state index contributed by atoms with van der Waals surface area (Å²) in [5.74, 6) is -0.349. The Morgan fingerprint density at radius 1 is 1.07 bits per heavy atom. The minimum absolute atomic E-state index is 0.0410. The van der Waals surface area contributed by atoms with Gasteiger partial charge in [0.15, 0.2) is 6.61 Å². The van der Waals surface area contributed by atoms with Crippen LogP contribution >= 0.6 is 22.6 Å². The van der Waals surface area contributed by atoms with Gasteiger partial charge < -0.3 is 15.0 Å². The molecule has 2 amide bonds. The molecule has 0 heterocycles. The van der Waals surface area contributed by atoms with Crippen molar-refractivity contribution in [2.24, 2.45) is 0 Å². The Labute approximate surface area is 178 Å². The molecule has 1 N–H and O–H groups in total. The standard InChI is InChI=1S/C21H24FIN2O3/c1-14(2)24-21(27)15(3)25(12-16-4-6-17(22)7-5-16)20(26)13-28-19-10-8-18(23)9-11-19/h4-11,14-15H,12-13H2,1-3H3,(H,24,27)/t15-/m1/s1. The van der Waals surface area contributed by atoms with Crippen LogP contribution in [0.15, 0.2) is 48.5 Å². The van der Waals surface area contributed by atoms with Crippen molar-refractivity contribution in [1.29, 1.82) is 0 Å². The van der Waals surface area contributed by atoms with E-state index in [2.05, 4.69) is 27.9 Å². The van der Waals surface area contributed by atoms with Gasteiger partial charge in [-0.25, -0.2) is 4.39 Å². The number of carbonyl (C=O) groups is 2. The van der Waals surface area contributed by atoms with E-state index in [0.29, 0.717) is 5.75 Å². The number of benzene rings is 2. The number of hydrogen-bond acceptors (Lipinski definition) is 3. The van der Waals surface area contributed by atoms with Crippen LogP contribution < -0.4 is 10.1 Å². The lowest BCUT2D eigenvalue weighted by atomic mass is 10.1. The number of amides is 2. The summed E-state index contributed by atoms with van der Waals surface area (Å²) in [7, 11) is 0. The van der Waals surface area contributed by atoms with E-state index in [1.165, 1.54) is 17.0 Å². The van der Waals surface area contributed by atoms with Gasteiger partial charge in [-0.2, -0.15) is 0 Å². The smallest absolute Gasteiger partial charge is 0.261 e. The summed E-state index contributed by atoms with van der Waals surface area (Å²) < 4.78 is 19.8. The molecule has 0 fully saturated rings. The number of nitrogens with zero attached hydrogens (tertiary/aromatic N) is 1. The molecule has 0 aliphatic carbocycles. The van der Waals surface area contributed by atoms with Crippen molar-refractivity contribution in [1.82, 2.24) is 10.2 Å². The van der Waals surface area contributed by atoms with Gasteiger partial charge in [0.1, 0.15) is 17.6 Å². The summed E-state index contributed by atoms with van der Waals surface area (Å²) in [4.78, 5) is 26.7. The third-order valence-electron chi connectivity index (χ3n) is 4.04. The highest BCUT2D eigenvalue weighted by molar-refractivity contribution is 14.1. The fourth-order valence-corrected chi connectivity index (χ4v) is 2.89. The highest BCUT2D eigenvalue weighted by Crippen LogP contribution is 2.15. The van der Waals surface area contributed by atoms with Crippen LogP contribution in [-0.2, 0) is 16.1 Å². The van der Waals surface area contributed by atoms with Gasteiger partial charge in [-0.1, -0.05) is 12.1 Å². The molecule has 1 atom stereocenters. The SMILES string of the molecule is CC(C)NC(=O)[C@@H](C)N(Cc1ccc(F)cc1)C(=O)COc1ccc(I)cc1. The fourth-order valence-electron chi connectivity index (χ4n) is 2.53. The molecule has 5 nitrogen and oxygen atoms in total. The first-order chi connectivity index (χ1) is 13.3. The molecule has 0 saturated carbocycles. The maximum absolute atomic E-state index is 13.2. The van der Waals surface area contributed by atoms with E-state index in [0.717, 1.165) is 9.13 Å². The first-order valence-electron chi connectivity index (χ1n) is 8.99. The maximum Gasteiger partial charge on any atom is 0.261 e. The van der Waals surface area contributed by atoms with Crippen molar-refractivity contribution in [2.75, 3.05) is 6.61 Å². The molecule has 28 heavy (non-hydrogen) atoms. The molecule has 0 unspecified atom stereocenters. The van der Waals surface area contributed by atoms with Crippen molar-refractivity contribution < 1.29 is 18.7 Å². The van der Waals surface area contributed by atoms with Crippen LogP contribution in [0.25, 0.3) is 0 Å². The zero-order valence-electron chi connectivity index (χ0n) is 16.1. The van der Waals surface area contributed by atoms with Gasteiger partial charge in [-0.3, -0.25) is 9.59 Å². The molecule has 150 valence electrons. The third kappa shape index (κ3) is 6.78. The predicted octanol–water partition coefficient (Wildman–Crippen LogP) is 3.75. The van der Waals surface area contributed by atoms with Crippen molar-refractivity contribution in [3.63, 3.8) is 0 Å². The number of nitrogens with one attached hydrogen (secondary N) is 1. The normalized spacial score (nSPS) is 11.8. The molecule has 0 spiro atoms. The monoisotopic (exact) mass is 498 g/mol. The lowest BCUT2D eigenvalue weighted by Gasteiger charge is -2.29. The molecule has 0 aromatic heterocycles. The molecule has 2 aromatic rings. The Bertz CT molecular complexity index is 794. The van der Waals surface area contributed by atoms with Gasteiger partial charge >= 0.3 is 0 Å². The second kappa shape index (κ2) is 10.4. The van der Waals surface area contributed by atoms with Crippen LogP contribution in [0.2, 0.25) is 0 Å². The second-order valence-electron chi connectivity index (χ2n) is 6.73. The predicted molar refractivity (Wildman–Crippen MR) is 114 cm³/mol. The molecular formula is C21H24FIN2O3. The molecule has 7 heteroatoms. The van der Waals surface area contributed by atoms with Crippen molar-refractivity contribution in [3.05, 3.63) is 63.5 Å². The van der Waals surface area contributed by atoms with E-state index in [-0.39, 0.29) is 36.8 Å². The van der Waals surface area contributed by atoms with E-state index < -0.39 is 6.04 Å². The Morgan fingerprint density at radius 2 is 1.68 bits per heavy atom. The van der Waals surface area contributed by atoms with Crippen LogP contribution in [0, 0.1) is 9.39 Å². The van der Waals surface area contributed by atoms with Crippen LogP contribution in [0.3, 0.4) is 0 Å². The average Bonchev–Trinajstić information content (AvgIpc) is 2.65. The van der Waals surface area contributed by atoms with E-state index in [1.54, 1.807) is 31.2 Å². The second-order valence-corrected chi connectivity index (χ2v) is 7.98. The summed E-state index contributed by atoms with van der Waals surface area (Å²) >= 11 is 2.19. The zero-order chi connectivity index (χ0) is 20.7. The summed E-state index contributed by atoms with van der Waals surface area (Å²) in [5, 5.41) is 2.82. The molecule has 2 aromatic carbocycles. The lowest BCUT2D eigenvalue weighted by Crippen LogP contribution is -2.50. The van der Waals surface area contributed by atoms with Gasteiger partial charge in [0, 0.05) is 16.2 Å². The van der Waals surface area contributed by atoms with Crippen LogP contribution in [0.1, 0.15) is 26.3 Å². The minimum atomic E-state index is -0.694. The van der Waals surface area contributed by atoms with Gasteiger partial charge in [0.25, 0.3) is 5.91 Å². The number of halogens is 2. The summed E-state index contributed by atoms with van der Waals surface area (Å²) in [6.07, 6.45) is 0. The molecule has 0 radical (unpaired) electrons. The Balaban J connectivity index is 2.12. The molecule has 0 aliphatic rings. The number of rotatable bonds is 8. The van der Waals surface area contributed by atoms with Gasteiger partial charge in [-0.15, -0.1) is 0 Å². The number of carbonyl (C=O) groups excluding carboxylic acids is 2. The van der Waals surface area contributed by atoms with Gasteiger partial charge in [-0.05, 0) is 85.3 Å². The van der Waals surface area contributed by atoms with Crippen LogP contribution in [-0.4, -0.2) is 35.4 Å². The molecular weight excluding hydrogens is 474 g/mol. The van der Waals surface area contributed by atoms with E-state index in [4.69, 9.17) is 4.74 Å². The van der Waals surface area contributed by atoms with E-state index in [9.17, 15) is 14.0 Å². The minimum Gasteiger partial charge on any atom is -0.484 e. The van der Waals surface area contributed by atoms with Crippen molar-refractivity contribution in [2.45, 2.75) is 39.4 Å². The topological polar surface area (TPSA) is 58.6 Å². The summed E-state index contributed by atoms with van der Waals surface area (Å²) in [6.45, 7) is 5.38. The van der Waals surface area contributed by atoms with Crippen LogP contribution in [0.5, 0.6) is 5.75 Å². The Kier molecular flexibility index (Phi) is 8.22. The maximum atomic E-state index is 13.2. The summed E-state index contributed by atoms with van der Waals surface area (Å²) in [6, 6.07) is 12.5. The zero-order valence-corrected chi connectivity index (χ0v) is 18.3. The Hall–Kier alpha value is -2.16. The highest BCUT2D eigenvalue weighted by atomic mass is 127. The fraction of sp³-hybridized carbons (Fsp3) is 0.333. The number of ether oxygens (including phenoxy) is 1. The first kappa shape index (κ1) is 22.1. The molecule has 0 saturated heterocycles. The van der Waals surface area contributed by atoms with Crippen molar-refractivity contribution >= 4 is 34.4 Å². The molecule has 0 bridgehead atoms. The van der Waals surface area contributed by atoms with Crippen molar-refractivity contribution in [3.8, 4) is 5.75 Å². The largest absolute Gasteiger partial charge is 0.484 e. The number of hydrogen-bond donors (Lipinski definition) is 1. The first-order valence-corrected chi connectivity index (χ1v) is 10.1. The van der Waals surface area contributed by atoms with E-state index in [1.807, 2.05) is 26.0 Å².